The molecule has 0 unspecified atom stereocenters. The number of nitrogens with zero attached hydrogens (tertiary/aromatic N) is 2. The molecule has 3 rings (SSSR count). The Morgan fingerprint density at radius 3 is 2.58 bits per heavy atom. The fourth-order valence-corrected chi connectivity index (χ4v) is 3.48. The van der Waals surface area contributed by atoms with E-state index < -0.39 is 5.91 Å². The van der Waals surface area contributed by atoms with Gasteiger partial charge in [0.25, 0.3) is 0 Å². The molecule has 6 nitrogen and oxygen atoms in total. The van der Waals surface area contributed by atoms with Gasteiger partial charge in [0, 0.05) is 28.8 Å². The predicted octanol–water partition coefficient (Wildman–Crippen LogP) is 4.02. The maximum Gasteiger partial charge on any atom is 0.248 e. The molecule has 0 fully saturated rings. The summed E-state index contributed by atoms with van der Waals surface area (Å²) >= 11 is 12.4. The molecule has 3 aromatic rings. The number of halogens is 2. The van der Waals surface area contributed by atoms with Crippen LogP contribution in [0.25, 0.3) is 6.08 Å². The van der Waals surface area contributed by atoms with Gasteiger partial charge in [-0.1, -0.05) is 47.5 Å². The molecule has 0 saturated heterocycles. The number of carbonyl (C=O) groups excluding carboxylic acids is 2. The highest BCUT2D eigenvalue weighted by molar-refractivity contribution is 6.31. The van der Waals surface area contributed by atoms with Crippen molar-refractivity contribution in [1.82, 2.24) is 15.1 Å². The average Bonchev–Trinajstić information content (AvgIpc) is 3.01. The van der Waals surface area contributed by atoms with Gasteiger partial charge in [-0.05, 0) is 54.8 Å². The maximum absolute atomic E-state index is 12.2. The van der Waals surface area contributed by atoms with E-state index in [0.29, 0.717) is 40.8 Å². The molecule has 0 aliphatic rings. The minimum atomic E-state index is -0.474. The van der Waals surface area contributed by atoms with Crippen LogP contribution in [0.1, 0.15) is 32.7 Å². The summed E-state index contributed by atoms with van der Waals surface area (Å²) in [6.45, 7) is 2.77. The van der Waals surface area contributed by atoms with Gasteiger partial charge in [0.1, 0.15) is 5.15 Å². The number of hydrogen-bond acceptors (Lipinski definition) is 3. The molecule has 0 bridgehead atoms. The van der Waals surface area contributed by atoms with Gasteiger partial charge in [-0.2, -0.15) is 5.10 Å². The summed E-state index contributed by atoms with van der Waals surface area (Å²) in [6, 6.07) is 14.5. The molecule has 0 radical (unpaired) electrons. The van der Waals surface area contributed by atoms with Crippen LogP contribution in [-0.2, 0) is 17.8 Å². The van der Waals surface area contributed by atoms with Gasteiger partial charge in [-0.15, -0.1) is 0 Å². The van der Waals surface area contributed by atoms with E-state index >= 15 is 0 Å². The second-order valence-electron chi connectivity index (χ2n) is 7.01. The van der Waals surface area contributed by atoms with Crippen LogP contribution in [0.3, 0.4) is 0 Å². The summed E-state index contributed by atoms with van der Waals surface area (Å²) in [6.07, 6.45) is 3.67. The van der Waals surface area contributed by atoms with E-state index in [-0.39, 0.29) is 5.91 Å². The number of benzene rings is 2. The number of aryl methyl sites for hydroxylation is 1. The van der Waals surface area contributed by atoms with Gasteiger partial charge in [0.15, 0.2) is 0 Å². The highest BCUT2D eigenvalue weighted by Gasteiger charge is 2.12. The van der Waals surface area contributed by atoms with Gasteiger partial charge in [0.2, 0.25) is 11.8 Å². The Morgan fingerprint density at radius 1 is 1.13 bits per heavy atom. The molecule has 0 spiro atoms. The van der Waals surface area contributed by atoms with Crippen molar-refractivity contribution in [2.45, 2.75) is 19.9 Å². The Balaban J connectivity index is 1.57. The number of nitrogens with two attached hydrogens (primary N) is 1. The van der Waals surface area contributed by atoms with Crippen molar-refractivity contribution in [1.29, 1.82) is 0 Å². The van der Waals surface area contributed by atoms with Gasteiger partial charge < -0.3 is 11.1 Å². The lowest BCUT2D eigenvalue weighted by Gasteiger charge is -2.04. The van der Waals surface area contributed by atoms with E-state index in [9.17, 15) is 9.59 Å². The number of rotatable bonds is 8. The molecule has 2 aromatic carbocycles. The van der Waals surface area contributed by atoms with Gasteiger partial charge >= 0.3 is 0 Å². The molecule has 0 atom stereocenters. The first-order valence-electron chi connectivity index (χ1n) is 9.65. The number of nitrogens with one attached hydrogen (secondary N) is 1. The molecule has 31 heavy (non-hydrogen) atoms. The van der Waals surface area contributed by atoms with Crippen LogP contribution in [0, 0.1) is 6.92 Å². The van der Waals surface area contributed by atoms with E-state index in [0.717, 1.165) is 16.8 Å². The minimum absolute atomic E-state index is 0.244. The van der Waals surface area contributed by atoms with Gasteiger partial charge in [-0.3, -0.25) is 9.59 Å². The number of carbonyl (C=O) groups is 2. The van der Waals surface area contributed by atoms with Crippen molar-refractivity contribution in [3.63, 3.8) is 0 Å². The van der Waals surface area contributed by atoms with E-state index in [4.69, 9.17) is 28.9 Å². The van der Waals surface area contributed by atoms with Crippen molar-refractivity contribution in [2.24, 2.45) is 5.73 Å². The van der Waals surface area contributed by atoms with Crippen LogP contribution in [0.5, 0.6) is 0 Å². The normalized spacial score (nSPS) is 11.1. The lowest BCUT2D eigenvalue weighted by molar-refractivity contribution is -0.116. The first-order valence-corrected chi connectivity index (χ1v) is 10.4. The number of primary amides is 1. The second kappa shape index (κ2) is 10.3. The standard InChI is InChI=1S/C23H22Cl2N4O2/c1-15-20(22(25)29(28-15)14-17-5-7-19(24)8-6-17)9-10-21(30)27-12-11-16-3-2-4-18(13-16)23(26)31/h2-10,13H,11-12,14H2,1H3,(H2,26,31)(H,27,30)/b10-9+. The van der Waals surface area contributed by atoms with Crippen LogP contribution in [0.15, 0.2) is 54.6 Å². The monoisotopic (exact) mass is 456 g/mol. The lowest BCUT2D eigenvalue weighted by Crippen LogP contribution is -2.23. The SMILES string of the molecule is Cc1nn(Cc2ccc(Cl)cc2)c(Cl)c1/C=C/C(=O)NCCc1cccc(C(N)=O)c1. The zero-order valence-corrected chi connectivity index (χ0v) is 18.5. The van der Waals surface area contributed by atoms with Crippen LogP contribution >= 0.6 is 23.2 Å². The van der Waals surface area contributed by atoms with Crippen molar-refractivity contribution >= 4 is 41.1 Å². The van der Waals surface area contributed by atoms with Crippen molar-refractivity contribution in [3.05, 3.63) is 92.7 Å². The summed E-state index contributed by atoms with van der Waals surface area (Å²) in [7, 11) is 0. The fraction of sp³-hybridized carbons (Fsp3) is 0.174. The number of hydrogen-bond donors (Lipinski definition) is 2. The summed E-state index contributed by atoms with van der Waals surface area (Å²) in [5, 5.41) is 8.40. The van der Waals surface area contributed by atoms with Crippen LogP contribution < -0.4 is 11.1 Å². The fourth-order valence-electron chi connectivity index (χ4n) is 3.05. The quantitative estimate of drug-likeness (QED) is 0.501. The molecule has 8 heteroatoms. The zero-order valence-electron chi connectivity index (χ0n) is 16.9. The van der Waals surface area contributed by atoms with E-state index in [1.165, 1.54) is 6.08 Å². The number of aromatic nitrogens is 2. The molecular weight excluding hydrogens is 435 g/mol. The largest absolute Gasteiger partial charge is 0.366 e. The Kier molecular flexibility index (Phi) is 7.50. The minimum Gasteiger partial charge on any atom is -0.366 e. The first kappa shape index (κ1) is 22.6. The van der Waals surface area contributed by atoms with Crippen molar-refractivity contribution < 1.29 is 9.59 Å². The molecule has 1 aromatic heterocycles. The van der Waals surface area contributed by atoms with Gasteiger partial charge in [0.05, 0.1) is 12.2 Å². The molecule has 3 N–H and O–H groups in total. The molecule has 0 aliphatic carbocycles. The van der Waals surface area contributed by atoms with E-state index in [2.05, 4.69) is 10.4 Å². The Labute approximate surface area is 190 Å². The summed E-state index contributed by atoms with van der Waals surface area (Å²) in [5.74, 6) is -0.718. The average molecular weight is 457 g/mol. The highest BCUT2D eigenvalue weighted by Crippen LogP contribution is 2.22. The molecule has 2 amide bonds. The second-order valence-corrected chi connectivity index (χ2v) is 7.81. The molecule has 1 heterocycles. The third-order valence-electron chi connectivity index (χ3n) is 4.68. The molecule has 0 saturated carbocycles. The Hall–Kier alpha value is -3.09. The molecule has 0 aliphatic heterocycles. The maximum atomic E-state index is 12.2. The summed E-state index contributed by atoms with van der Waals surface area (Å²) in [5.41, 5.74) is 9.10. The molecule has 160 valence electrons. The first-order chi connectivity index (χ1) is 14.8. The summed E-state index contributed by atoms with van der Waals surface area (Å²) < 4.78 is 1.68. The summed E-state index contributed by atoms with van der Waals surface area (Å²) in [4.78, 5) is 23.4. The van der Waals surface area contributed by atoms with E-state index in [1.807, 2.05) is 37.3 Å². The van der Waals surface area contributed by atoms with Crippen LogP contribution in [-0.4, -0.2) is 28.1 Å². The molecular formula is C23H22Cl2N4O2. The number of amides is 2. The van der Waals surface area contributed by atoms with Crippen molar-refractivity contribution in [2.75, 3.05) is 6.54 Å². The third kappa shape index (κ3) is 6.20. The smallest absolute Gasteiger partial charge is 0.248 e. The van der Waals surface area contributed by atoms with Gasteiger partial charge in [-0.25, -0.2) is 4.68 Å². The van der Waals surface area contributed by atoms with Crippen molar-refractivity contribution in [3.8, 4) is 0 Å². The van der Waals surface area contributed by atoms with Crippen LogP contribution in [0.4, 0.5) is 0 Å². The lowest BCUT2D eigenvalue weighted by atomic mass is 10.1. The zero-order chi connectivity index (χ0) is 22.4. The third-order valence-corrected chi connectivity index (χ3v) is 5.33. The Morgan fingerprint density at radius 2 is 1.87 bits per heavy atom. The van der Waals surface area contributed by atoms with Crippen LogP contribution in [0.2, 0.25) is 10.2 Å². The highest BCUT2D eigenvalue weighted by atomic mass is 35.5. The predicted molar refractivity (Wildman–Crippen MR) is 123 cm³/mol. The van der Waals surface area contributed by atoms with E-state index in [1.54, 1.807) is 29.0 Å². The Bertz CT molecular complexity index is 1120. The topological polar surface area (TPSA) is 90.0 Å².